The minimum absolute atomic E-state index is 0.0576. The third-order valence-electron chi connectivity index (χ3n) is 4.60. The molecule has 6 N–H and O–H groups in total. The summed E-state index contributed by atoms with van der Waals surface area (Å²) in [5.74, 6) is 0.0576. The van der Waals surface area contributed by atoms with E-state index in [4.69, 9.17) is 13.9 Å². The van der Waals surface area contributed by atoms with E-state index in [2.05, 4.69) is 0 Å². The van der Waals surface area contributed by atoms with E-state index >= 15 is 0 Å². The highest BCUT2D eigenvalue weighted by molar-refractivity contribution is 5.22. The van der Waals surface area contributed by atoms with Crippen molar-refractivity contribution in [3.63, 3.8) is 0 Å². The van der Waals surface area contributed by atoms with E-state index in [-0.39, 0.29) is 12.4 Å². The molecule has 3 rings (SSSR count). The average Bonchev–Trinajstić information content (AvgIpc) is 3.17. The van der Waals surface area contributed by atoms with Gasteiger partial charge in [0, 0.05) is 0 Å². The summed E-state index contributed by atoms with van der Waals surface area (Å²) >= 11 is 0. The quantitative estimate of drug-likeness (QED) is 0.341. The highest BCUT2D eigenvalue weighted by Gasteiger charge is 2.65. The van der Waals surface area contributed by atoms with E-state index in [0.29, 0.717) is 0 Å². The molecule has 0 radical (unpaired) electrons. The Balaban J connectivity index is 2.05. The lowest BCUT2D eigenvalue weighted by molar-refractivity contribution is -0.288. The second-order valence-corrected chi connectivity index (χ2v) is 6.02. The van der Waals surface area contributed by atoms with Crippen LogP contribution in [0.25, 0.3) is 0 Å². The Morgan fingerprint density at radius 2 is 1.91 bits per heavy atom. The summed E-state index contributed by atoms with van der Waals surface area (Å²) in [7, 11) is 0. The van der Waals surface area contributed by atoms with E-state index in [1.54, 1.807) is 0 Å². The van der Waals surface area contributed by atoms with Crippen LogP contribution in [0.15, 0.2) is 22.8 Å². The Kier molecular flexibility index (Phi) is 4.23. The van der Waals surface area contributed by atoms with Crippen molar-refractivity contribution < 1.29 is 44.5 Å². The summed E-state index contributed by atoms with van der Waals surface area (Å²) in [6, 6.07) is 2.98. The summed E-state index contributed by atoms with van der Waals surface area (Å²) in [5, 5.41) is 60.1. The van der Waals surface area contributed by atoms with E-state index in [1.165, 1.54) is 18.4 Å². The van der Waals surface area contributed by atoms with Crippen LogP contribution < -0.4 is 0 Å². The molecule has 0 spiro atoms. The van der Waals surface area contributed by atoms with Crippen molar-refractivity contribution in [3.8, 4) is 0 Å². The molecule has 1 aromatic heterocycles. The molecule has 9 heteroatoms. The largest absolute Gasteiger partial charge is 0.466 e. The van der Waals surface area contributed by atoms with Crippen molar-refractivity contribution in [3.05, 3.63) is 24.2 Å². The Morgan fingerprint density at radius 3 is 2.48 bits per heavy atom. The first-order chi connectivity index (χ1) is 10.9. The van der Waals surface area contributed by atoms with Gasteiger partial charge in [-0.2, -0.15) is 0 Å². The molecular weight excluding hydrogens is 312 g/mol. The SMILES string of the molecule is OCC1(O)COC([C@@]2(c3ccco3)OC[C@H](O)[C@H](O)[C@H]2O)[C@@H]1O. The molecule has 130 valence electrons. The monoisotopic (exact) mass is 332 g/mol. The maximum absolute atomic E-state index is 10.5. The van der Waals surface area contributed by atoms with E-state index in [0.717, 1.165) is 0 Å². The van der Waals surface area contributed by atoms with Crippen LogP contribution in [0.1, 0.15) is 5.76 Å². The summed E-state index contributed by atoms with van der Waals surface area (Å²) in [6.45, 7) is -1.50. The third-order valence-corrected chi connectivity index (χ3v) is 4.60. The van der Waals surface area contributed by atoms with Gasteiger partial charge in [-0.15, -0.1) is 0 Å². The zero-order valence-electron chi connectivity index (χ0n) is 12.1. The predicted octanol–water partition coefficient (Wildman–Crippen LogP) is -2.93. The van der Waals surface area contributed by atoms with Crippen molar-refractivity contribution in [1.82, 2.24) is 0 Å². The van der Waals surface area contributed by atoms with Crippen LogP contribution in [-0.2, 0) is 15.1 Å². The molecule has 0 bridgehead atoms. The van der Waals surface area contributed by atoms with Gasteiger partial charge >= 0.3 is 0 Å². The number of aliphatic hydroxyl groups is 6. The summed E-state index contributed by atoms with van der Waals surface area (Å²) < 4.78 is 16.2. The molecule has 2 aliphatic rings. The first-order valence-corrected chi connectivity index (χ1v) is 7.22. The Morgan fingerprint density at radius 1 is 1.17 bits per heavy atom. The van der Waals surface area contributed by atoms with E-state index < -0.39 is 54.9 Å². The van der Waals surface area contributed by atoms with Crippen molar-refractivity contribution in [1.29, 1.82) is 0 Å². The second kappa shape index (κ2) is 5.80. The van der Waals surface area contributed by atoms with Gasteiger partial charge in [0.05, 0.1) is 26.1 Å². The molecule has 2 fully saturated rings. The third kappa shape index (κ3) is 2.32. The van der Waals surface area contributed by atoms with Gasteiger partial charge in [0.15, 0.2) is 5.60 Å². The second-order valence-electron chi connectivity index (χ2n) is 6.02. The number of furan rings is 1. The molecule has 2 aliphatic heterocycles. The van der Waals surface area contributed by atoms with Gasteiger partial charge in [0.1, 0.15) is 41.9 Å². The Bertz CT molecular complexity index is 534. The van der Waals surface area contributed by atoms with Crippen LogP contribution in [-0.4, -0.2) is 86.6 Å². The van der Waals surface area contributed by atoms with Crippen LogP contribution in [0, 0.1) is 0 Å². The van der Waals surface area contributed by atoms with Crippen LogP contribution >= 0.6 is 0 Å². The molecule has 3 heterocycles. The first-order valence-electron chi connectivity index (χ1n) is 7.22. The minimum atomic E-state index is -1.94. The first kappa shape index (κ1) is 16.8. The molecule has 2 saturated heterocycles. The number of aliphatic hydroxyl groups excluding tert-OH is 5. The van der Waals surface area contributed by atoms with Gasteiger partial charge in [-0.1, -0.05) is 0 Å². The fourth-order valence-corrected chi connectivity index (χ4v) is 3.17. The van der Waals surface area contributed by atoms with Gasteiger partial charge < -0.3 is 44.5 Å². The predicted molar refractivity (Wildman–Crippen MR) is 72.1 cm³/mol. The van der Waals surface area contributed by atoms with Crippen LogP contribution in [0.2, 0.25) is 0 Å². The molecule has 0 saturated carbocycles. The van der Waals surface area contributed by atoms with Gasteiger partial charge in [0.2, 0.25) is 0 Å². The van der Waals surface area contributed by atoms with Crippen molar-refractivity contribution >= 4 is 0 Å². The van der Waals surface area contributed by atoms with E-state index in [1.807, 2.05) is 0 Å². The minimum Gasteiger partial charge on any atom is -0.466 e. The fourth-order valence-electron chi connectivity index (χ4n) is 3.17. The highest BCUT2D eigenvalue weighted by Crippen LogP contribution is 2.45. The number of hydrogen-bond donors (Lipinski definition) is 6. The van der Waals surface area contributed by atoms with Crippen molar-refractivity contribution in [2.75, 3.05) is 19.8 Å². The van der Waals surface area contributed by atoms with Crippen LogP contribution in [0.4, 0.5) is 0 Å². The number of rotatable bonds is 3. The summed E-state index contributed by atoms with van der Waals surface area (Å²) in [5.41, 5.74) is -3.78. The molecule has 1 aromatic rings. The zero-order valence-corrected chi connectivity index (χ0v) is 12.1. The molecule has 0 aliphatic carbocycles. The zero-order chi connectivity index (χ0) is 16.8. The van der Waals surface area contributed by atoms with E-state index in [9.17, 15) is 30.6 Å². The molecule has 2 unspecified atom stereocenters. The normalized spacial score (nSPS) is 47.8. The molecule has 7 atom stereocenters. The topological polar surface area (TPSA) is 153 Å². The lowest BCUT2D eigenvalue weighted by Crippen LogP contribution is -2.66. The van der Waals surface area contributed by atoms with Crippen LogP contribution in [0.3, 0.4) is 0 Å². The van der Waals surface area contributed by atoms with Crippen molar-refractivity contribution in [2.45, 2.75) is 41.7 Å². The molecule has 0 aromatic carbocycles. The smallest absolute Gasteiger partial charge is 0.182 e. The van der Waals surface area contributed by atoms with Gasteiger partial charge in [0.25, 0.3) is 0 Å². The molecule has 9 nitrogen and oxygen atoms in total. The summed E-state index contributed by atoms with van der Waals surface area (Å²) in [6.07, 6.45) is -6.24. The molecule has 23 heavy (non-hydrogen) atoms. The number of ether oxygens (including phenoxy) is 2. The fraction of sp³-hybridized carbons (Fsp3) is 0.714. The van der Waals surface area contributed by atoms with Crippen LogP contribution in [0.5, 0.6) is 0 Å². The standard InChI is InChI=1S/C14H20O9/c15-5-13(20)6-22-12(11(13)19)14(8-2-1-3-21-8)10(18)9(17)7(16)4-23-14/h1-3,7,9-12,15-20H,4-6H2/t7-,9-,10+,11-,12?,13?,14-/m0/s1. The summed E-state index contributed by atoms with van der Waals surface area (Å²) in [4.78, 5) is 0. The average molecular weight is 332 g/mol. The highest BCUT2D eigenvalue weighted by atomic mass is 16.6. The number of hydrogen-bond acceptors (Lipinski definition) is 9. The Labute approximate surface area is 131 Å². The van der Waals surface area contributed by atoms with Crippen molar-refractivity contribution in [2.24, 2.45) is 0 Å². The van der Waals surface area contributed by atoms with Gasteiger partial charge in [-0.25, -0.2) is 0 Å². The maximum Gasteiger partial charge on any atom is 0.182 e. The Hall–Kier alpha value is -1.04. The molecule has 0 amide bonds. The molecular formula is C14H20O9. The van der Waals surface area contributed by atoms with Gasteiger partial charge in [-0.05, 0) is 12.1 Å². The van der Waals surface area contributed by atoms with Gasteiger partial charge in [-0.3, -0.25) is 0 Å². The lowest BCUT2D eigenvalue weighted by Gasteiger charge is -2.47. The maximum atomic E-state index is 10.5. The lowest BCUT2D eigenvalue weighted by atomic mass is 9.77.